The zero-order valence-corrected chi connectivity index (χ0v) is 12.0. The van der Waals surface area contributed by atoms with Crippen molar-refractivity contribution in [2.75, 3.05) is 7.05 Å². The van der Waals surface area contributed by atoms with E-state index in [0.717, 1.165) is 17.9 Å². The molecule has 0 radical (unpaired) electrons. The Bertz CT molecular complexity index is 369. The van der Waals surface area contributed by atoms with Gasteiger partial charge in [-0.25, -0.2) is 4.39 Å². The van der Waals surface area contributed by atoms with Crippen molar-refractivity contribution in [3.63, 3.8) is 0 Å². The predicted molar refractivity (Wildman–Crippen MR) is 78.8 cm³/mol. The van der Waals surface area contributed by atoms with E-state index in [4.69, 9.17) is 0 Å². The zero-order valence-electron chi connectivity index (χ0n) is 12.0. The maximum atomic E-state index is 13.3. The van der Waals surface area contributed by atoms with Crippen molar-refractivity contribution in [2.45, 2.75) is 57.4 Å². The Labute approximate surface area is 116 Å². The standard InChI is InChI=1S/C17H26FN/c1-19-17(13-14-8-7-11-16(18)12-14)15-9-5-3-2-4-6-10-15/h7-8,11-12,15,17,19H,2-6,9-10,13H2,1H3. The quantitative estimate of drug-likeness (QED) is 0.853. The lowest BCUT2D eigenvalue weighted by molar-refractivity contribution is 0.293. The fourth-order valence-electron chi connectivity index (χ4n) is 3.31. The average molecular weight is 263 g/mol. The molecule has 19 heavy (non-hydrogen) atoms. The number of halogens is 1. The molecule has 0 saturated heterocycles. The lowest BCUT2D eigenvalue weighted by atomic mass is 9.83. The Morgan fingerprint density at radius 2 is 1.84 bits per heavy atom. The van der Waals surface area contributed by atoms with Crippen LogP contribution in [-0.2, 0) is 6.42 Å². The van der Waals surface area contributed by atoms with Gasteiger partial charge >= 0.3 is 0 Å². The van der Waals surface area contributed by atoms with Crippen LogP contribution in [0.4, 0.5) is 4.39 Å². The molecule has 0 aromatic heterocycles. The SMILES string of the molecule is CNC(Cc1cccc(F)c1)C1CCCCCCC1. The monoisotopic (exact) mass is 263 g/mol. The fourth-order valence-corrected chi connectivity index (χ4v) is 3.31. The lowest BCUT2D eigenvalue weighted by Crippen LogP contribution is -2.36. The first-order valence-corrected chi connectivity index (χ1v) is 7.71. The van der Waals surface area contributed by atoms with E-state index in [-0.39, 0.29) is 5.82 Å². The zero-order chi connectivity index (χ0) is 13.5. The highest BCUT2D eigenvalue weighted by atomic mass is 19.1. The highest BCUT2D eigenvalue weighted by Gasteiger charge is 2.21. The van der Waals surface area contributed by atoms with Gasteiger partial charge in [0.05, 0.1) is 0 Å². The second kappa shape index (κ2) is 7.64. The van der Waals surface area contributed by atoms with Crippen molar-refractivity contribution in [1.82, 2.24) is 5.32 Å². The number of benzene rings is 1. The Morgan fingerprint density at radius 1 is 1.16 bits per heavy atom. The Hall–Kier alpha value is -0.890. The molecule has 1 nitrogen and oxygen atoms in total. The van der Waals surface area contributed by atoms with Gasteiger partial charge in [-0.05, 0) is 49.9 Å². The third-order valence-corrected chi connectivity index (χ3v) is 4.43. The fraction of sp³-hybridized carbons (Fsp3) is 0.647. The van der Waals surface area contributed by atoms with Gasteiger partial charge in [-0.2, -0.15) is 0 Å². The Kier molecular flexibility index (Phi) is 5.84. The van der Waals surface area contributed by atoms with Crippen LogP contribution in [0, 0.1) is 11.7 Å². The molecule has 1 N–H and O–H groups in total. The van der Waals surface area contributed by atoms with Gasteiger partial charge in [-0.1, -0.05) is 44.2 Å². The molecule has 0 heterocycles. The average Bonchev–Trinajstić information content (AvgIpc) is 2.36. The molecular weight excluding hydrogens is 237 g/mol. The minimum Gasteiger partial charge on any atom is -0.316 e. The van der Waals surface area contributed by atoms with Crippen molar-refractivity contribution >= 4 is 0 Å². The van der Waals surface area contributed by atoms with Crippen molar-refractivity contribution in [3.05, 3.63) is 35.6 Å². The van der Waals surface area contributed by atoms with Crippen LogP contribution in [0.3, 0.4) is 0 Å². The number of hydrogen-bond acceptors (Lipinski definition) is 1. The van der Waals surface area contributed by atoms with Crippen LogP contribution < -0.4 is 5.32 Å². The highest BCUT2D eigenvalue weighted by Crippen LogP contribution is 2.26. The third-order valence-electron chi connectivity index (χ3n) is 4.43. The maximum Gasteiger partial charge on any atom is 0.123 e. The third kappa shape index (κ3) is 4.61. The minimum absolute atomic E-state index is 0.120. The van der Waals surface area contributed by atoms with Gasteiger partial charge in [-0.3, -0.25) is 0 Å². The molecule has 1 atom stereocenters. The molecule has 0 spiro atoms. The van der Waals surface area contributed by atoms with Gasteiger partial charge in [0.15, 0.2) is 0 Å². The van der Waals surface area contributed by atoms with Crippen molar-refractivity contribution < 1.29 is 4.39 Å². The number of rotatable bonds is 4. The molecule has 2 heteroatoms. The summed E-state index contributed by atoms with van der Waals surface area (Å²) in [6.45, 7) is 0. The van der Waals surface area contributed by atoms with E-state index in [0.29, 0.717) is 6.04 Å². The molecule has 1 saturated carbocycles. The van der Waals surface area contributed by atoms with Crippen LogP contribution >= 0.6 is 0 Å². The summed E-state index contributed by atoms with van der Waals surface area (Å²) < 4.78 is 13.3. The van der Waals surface area contributed by atoms with Crippen LogP contribution in [-0.4, -0.2) is 13.1 Å². The van der Waals surface area contributed by atoms with Gasteiger partial charge < -0.3 is 5.32 Å². The van der Waals surface area contributed by atoms with Crippen LogP contribution in [0.15, 0.2) is 24.3 Å². The van der Waals surface area contributed by atoms with Crippen molar-refractivity contribution in [1.29, 1.82) is 0 Å². The predicted octanol–water partition coefficient (Wildman–Crippen LogP) is 4.32. The Morgan fingerprint density at radius 3 is 2.47 bits per heavy atom. The summed E-state index contributed by atoms with van der Waals surface area (Å²) in [5.41, 5.74) is 1.11. The molecule has 0 aliphatic heterocycles. The summed E-state index contributed by atoms with van der Waals surface area (Å²) in [6.07, 6.45) is 10.5. The summed E-state index contributed by atoms with van der Waals surface area (Å²) in [4.78, 5) is 0. The van der Waals surface area contributed by atoms with E-state index < -0.39 is 0 Å². The van der Waals surface area contributed by atoms with E-state index in [1.54, 1.807) is 6.07 Å². The number of hydrogen-bond donors (Lipinski definition) is 1. The minimum atomic E-state index is -0.120. The van der Waals surface area contributed by atoms with Crippen LogP contribution in [0.1, 0.15) is 50.5 Å². The molecule has 1 aliphatic rings. The van der Waals surface area contributed by atoms with E-state index in [1.165, 1.54) is 51.0 Å². The molecule has 106 valence electrons. The summed E-state index contributed by atoms with van der Waals surface area (Å²) in [6, 6.07) is 7.53. The lowest BCUT2D eigenvalue weighted by Gasteiger charge is -2.28. The van der Waals surface area contributed by atoms with Gasteiger partial charge in [0.25, 0.3) is 0 Å². The number of nitrogens with one attached hydrogen (secondary N) is 1. The van der Waals surface area contributed by atoms with Gasteiger partial charge in [0, 0.05) is 6.04 Å². The summed E-state index contributed by atoms with van der Waals surface area (Å²) in [5, 5.41) is 3.47. The first-order chi connectivity index (χ1) is 9.29. The molecule has 1 fully saturated rings. The topological polar surface area (TPSA) is 12.0 Å². The first kappa shape index (κ1) is 14.5. The summed E-state index contributed by atoms with van der Waals surface area (Å²) in [7, 11) is 2.04. The highest BCUT2D eigenvalue weighted by molar-refractivity contribution is 5.17. The van der Waals surface area contributed by atoms with Crippen LogP contribution in [0.5, 0.6) is 0 Å². The molecule has 1 unspecified atom stereocenters. The second-order valence-corrected chi connectivity index (χ2v) is 5.83. The Balaban J connectivity index is 1.97. The van der Waals surface area contributed by atoms with Gasteiger partial charge in [0.1, 0.15) is 5.82 Å². The van der Waals surface area contributed by atoms with Gasteiger partial charge in [-0.15, -0.1) is 0 Å². The van der Waals surface area contributed by atoms with Crippen LogP contribution in [0.2, 0.25) is 0 Å². The van der Waals surface area contributed by atoms with Crippen LogP contribution in [0.25, 0.3) is 0 Å². The smallest absolute Gasteiger partial charge is 0.123 e. The molecule has 1 aromatic carbocycles. The van der Waals surface area contributed by atoms with Crippen molar-refractivity contribution in [3.8, 4) is 0 Å². The second-order valence-electron chi connectivity index (χ2n) is 5.83. The molecule has 0 amide bonds. The number of likely N-dealkylation sites (N-methyl/N-ethyl adjacent to an activating group) is 1. The van der Waals surface area contributed by atoms with E-state index in [2.05, 4.69) is 5.32 Å². The van der Waals surface area contributed by atoms with E-state index >= 15 is 0 Å². The molecule has 2 rings (SSSR count). The largest absolute Gasteiger partial charge is 0.316 e. The van der Waals surface area contributed by atoms with E-state index in [1.807, 2.05) is 19.2 Å². The van der Waals surface area contributed by atoms with E-state index in [9.17, 15) is 4.39 Å². The van der Waals surface area contributed by atoms with Crippen molar-refractivity contribution in [2.24, 2.45) is 5.92 Å². The summed E-state index contributed by atoms with van der Waals surface area (Å²) in [5.74, 6) is 0.624. The molecule has 0 bridgehead atoms. The molecule has 1 aliphatic carbocycles. The summed E-state index contributed by atoms with van der Waals surface area (Å²) >= 11 is 0. The molecule has 1 aromatic rings. The van der Waals surface area contributed by atoms with Gasteiger partial charge in [0.2, 0.25) is 0 Å². The normalized spacial score (nSPS) is 19.7. The first-order valence-electron chi connectivity index (χ1n) is 7.71. The molecular formula is C17H26FN. The maximum absolute atomic E-state index is 13.3.